The Morgan fingerprint density at radius 1 is 1.33 bits per heavy atom. The summed E-state index contributed by atoms with van der Waals surface area (Å²) in [5, 5.41) is 11.5. The molecule has 0 bridgehead atoms. The van der Waals surface area contributed by atoms with Crippen LogP contribution in [0.1, 0.15) is 49.4 Å². The van der Waals surface area contributed by atoms with Crippen LogP contribution in [0, 0.1) is 5.92 Å². The van der Waals surface area contributed by atoms with E-state index in [-0.39, 0.29) is 12.3 Å². The molecule has 0 spiro atoms. The van der Waals surface area contributed by atoms with Gasteiger partial charge in [-0.05, 0) is 24.8 Å². The van der Waals surface area contributed by atoms with Crippen molar-refractivity contribution < 1.29 is 14.7 Å². The number of carbonyl (C=O) groups is 2. The molecule has 1 aromatic heterocycles. The lowest BCUT2D eigenvalue weighted by molar-refractivity contribution is -0.137. The molecule has 7 heteroatoms. The maximum absolute atomic E-state index is 11.9. The van der Waals surface area contributed by atoms with E-state index in [1.54, 1.807) is 6.07 Å². The van der Waals surface area contributed by atoms with Crippen LogP contribution in [0.15, 0.2) is 6.07 Å². The van der Waals surface area contributed by atoms with Crippen LogP contribution in [-0.2, 0) is 4.79 Å². The number of halogens is 2. The molecule has 0 fully saturated rings. The molecule has 0 aliphatic rings. The molecule has 0 aromatic carbocycles. The third-order valence-electron chi connectivity index (χ3n) is 3.20. The summed E-state index contributed by atoms with van der Waals surface area (Å²) in [4.78, 5) is 22.6. The first-order chi connectivity index (χ1) is 9.93. The van der Waals surface area contributed by atoms with E-state index in [4.69, 9.17) is 28.3 Å². The molecule has 118 valence electrons. The summed E-state index contributed by atoms with van der Waals surface area (Å²) in [5.41, 5.74) is 0.393. The first kappa shape index (κ1) is 18.3. The predicted octanol–water partition coefficient (Wildman–Crippen LogP) is 4.46. The van der Waals surface area contributed by atoms with Crippen LogP contribution >= 0.6 is 34.5 Å². The van der Waals surface area contributed by atoms with Crippen LogP contribution in [0.4, 0.5) is 0 Å². The van der Waals surface area contributed by atoms with E-state index in [1.807, 2.05) is 0 Å². The maximum Gasteiger partial charge on any atom is 0.303 e. The average molecular weight is 352 g/mol. The van der Waals surface area contributed by atoms with Gasteiger partial charge < -0.3 is 10.4 Å². The normalized spacial score (nSPS) is 12.1. The zero-order valence-corrected chi connectivity index (χ0v) is 14.2. The van der Waals surface area contributed by atoms with E-state index in [0.29, 0.717) is 33.1 Å². The number of hydrogen-bond acceptors (Lipinski definition) is 3. The van der Waals surface area contributed by atoms with Gasteiger partial charge in [-0.3, -0.25) is 9.59 Å². The van der Waals surface area contributed by atoms with E-state index in [9.17, 15) is 9.59 Å². The lowest BCUT2D eigenvalue weighted by atomic mass is 9.94. The molecule has 0 saturated carbocycles. The van der Waals surface area contributed by atoms with Crippen molar-refractivity contribution in [1.82, 2.24) is 5.32 Å². The Balaban J connectivity index is 2.40. The summed E-state index contributed by atoms with van der Waals surface area (Å²) < 4.78 is 0.865. The van der Waals surface area contributed by atoms with Crippen molar-refractivity contribution in [2.24, 2.45) is 5.92 Å². The molecule has 1 rings (SSSR count). The van der Waals surface area contributed by atoms with Gasteiger partial charge in [0.05, 0.1) is 9.90 Å². The highest BCUT2D eigenvalue weighted by Gasteiger charge is 2.15. The highest BCUT2D eigenvalue weighted by molar-refractivity contribution is 7.20. The van der Waals surface area contributed by atoms with Gasteiger partial charge in [0.1, 0.15) is 4.34 Å². The zero-order chi connectivity index (χ0) is 15.8. The summed E-state index contributed by atoms with van der Waals surface area (Å²) in [6.07, 6.45) is 3.55. The van der Waals surface area contributed by atoms with E-state index in [2.05, 4.69) is 12.2 Å². The number of hydrogen-bond donors (Lipinski definition) is 2. The van der Waals surface area contributed by atoms with Crippen LogP contribution in [0.2, 0.25) is 8.67 Å². The molecule has 1 aromatic rings. The smallest absolute Gasteiger partial charge is 0.303 e. The van der Waals surface area contributed by atoms with Crippen LogP contribution in [0.3, 0.4) is 0 Å². The predicted molar refractivity (Wildman–Crippen MR) is 86.6 cm³/mol. The summed E-state index contributed by atoms with van der Waals surface area (Å²) in [5.74, 6) is -0.704. The molecule has 0 saturated heterocycles. The number of carbonyl (C=O) groups excluding carboxylic acids is 1. The second kappa shape index (κ2) is 9.28. The first-order valence-electron chi connectivity index (χ1n) is 6.88. The minimum Gasteiger partial charge on any atom is -0.481 e. The number of aliphatic carboxylic acids is 1. The van der Waals surface area contributed by atoms with Crippen LogP contribution in [0.5, 0.6) is 0 Å². The number of thiophene rings is 1. The Hall–Kier alpha value is -0.780. The zero-order valence-electron chi connectivity index (χ0n) is 11.8. The molecule has 2 N–H and O–H groups in total. The quantitative estimate of drug-likeness (QED) is 0.690. The monoisotopic (exact) mass is 351 g/mol. The maximum atomic E-state index is 11.9. The first-order valence-corrected chi connectivity index (χ1v) is 8.46. The van der Waals surface area contributed by atoms with Gasteiger partial charge in [-0.15, -0.1) is 11.3 Å². The minimum atomic E-state index is -0.778. The molecule has 21 heavy (non-hydrogen) atoms. The van der Waals surface area contributed by atoms with Gasteiger partial charge in [-0.1, -0.05) is 43.0 Å². The summed E-state index contributed by atoms with van der Waals surface area (Å²) in [6.45, 7) is 2.58. The Morgan fingerprint density at radius 3 is 2.57 bits per heavy atom. The van der Waals surface area contributed by atoms with Gasteiger partial charge in [0.2, 0.25) is 0 Å². The molecule has 4 nitrogen and oxygen atoms in total. The van der Waals surface area contributed by atoms with Crippen molar-refractivity contribution in [3.05, 3.63) is 20.3 Å². The molecule has 1 unspecified atom stereocenters. The van der Waals surface area contributed by atoms with E-state index in [0.717, 1.165) is 30.6 Å². The summed E-state index contributed by atoms with van der Waals surface area (Å²) >= 11 is 12.9. The molecular formula is C14H19Cl2NO3S. The van der Waals surface area contributed by atoms with Gasteiger partial charge in [0.25, 0.3) is 5.91 Å². The topological polar surface area (TPSA) is 66.4 Å². The molecular weight excluding hydrogens is 333 g/mol. The standard InChI is InChI=1S/C14H19Cl2NO3S/c1-2-3-9(4-5-12(18)19)6-7-17-14(20)10-8-11(15)21-13(10)16/h8-9H,2-7H2,1H3,(H,17,20)(H,18,19). The third-order valence-corrected chi connectivity index (χ3v) is 4.69. The second-order valence-electron chi connectivity index (χ2n) is 4.87. The van der Waals surface area contributed by atoms with Crippen LogP contribution in [0.25, 0.3) is 0 Å². The number of carboxylic acids is 1. The van der Waals surface area contributed by atoms with Gasteiger partial charge in [-0.2, -0.15) is 0 Å². The number of carboxylic acid groups (broad SMARTS) is 1. The highest BCUT2D eigenvalue weighted by Crippen LogP contribution is 2.31. The van der Waals surface area contributed by atoms with Crippen molar-refractivity contribution in [3.8, 4) is 0 Å². The largest absolute Gasteiger partial charge is 0.481 e. The van der Waals surface area contributed by atoms with Crippen molar-refractivity contribution >= 4 is 46.4 Å². The lowest BCUT2D eigenvalue weighted by Gasteiger charge is -2.15. The van der Waals surface area contributed by atoms with Crippen molar-refractivity contribution in [1.29, 1.82) is 0 Å². The van der Waals surface area contributed by atoms with E-state index in [1.165, 1.54) is 0 Å². The van der Waals surface area contributed by atoms with Crippen molar-refractivity contribution in [2.75, 3.05) is 6.54 Å². The molecule has 0 aliphatic heterocycles. The van der Waals surface area contributed by atoms with E-state index >= 15 is 0 Å². The molecule has 1 heterocycles. The Morgan fingerprint density at radius 2 is 2.05 bits per heavy atom. The SMILES string of the molecule is CCCC(CCNC(=O)c1cc(Cl)sc1Cl)CCC(=O)O. The fourth-order valence-corrected chi connectivity index (χ4v) is 3.61. The number of rotatable bonds is 9. The van der Waals surface area contributed by atoms with Crippen molar-refractivity contribution in [2.45, 2.75) is 39.0 Å². The average Bonchev–Trinajstić information content (AvgIpc) is 2.74. The van der Waals surface area contributed by atoms with Gasteiger partial charge >= 0.3 is 5.97 Å². The van der Waals surface area contributed by atoms with Gasteiger partial charge in [0.15, 0.2) is 0 Å². The van der Waals surface area contributed by atoms with Gasteiger partial charge in [-0.25, -0.2) is 0 Å². The Labute approximate surface area is 138 Å². The molecule has 1 atom stereocenters. The van der Waals surface area contributed by atoms with E-state index < -0.39 is 5.97 Å². The van der Waals surface area contributed by atoms with Gasteiger partial charge in [0, 0.05) is 13.0 Å². The highest BCUT2D eigenvalue weighted by atomic mass is 35.5. The Kier molecular flexibility index (Phi) is 8.07. The fourth-order valence-electron chi connectivity index (χ4n) is 2.15. The van der Waals surface area contributed by atoms with Crippen LogP contribution < -0.4 is 5.32 Å². The van der Waals surface area contributed by atoms with Crippen LogP contribution in [-0.4, -0.2) is 23.5 Å². The lowest BCUT2D eigenvalue weighted by Crippen LogP contribution is -2.26. The summed E-state index contributed by atoms with van der Waals surface area (Å²) in [6, 6.07) is 1.55. The molecule has 1 amide bonds. The minimum absolute atomic E-state index is 0.171. The molecule has 0 aliphatic carbocycles. The Bertz CT molecular complexity index is 491. The van der Waals surface area contributed by atoms with Crippen molar-refractivity contribution in [3.63, 3.8) is 0 Å². The fraction of sp³-hybridized carbons (Fsp3) is 0.571. The molecule has 0 radical (unpaired) electrons. The second-order valence-corrected chi connectivity index (χ2v) is 7.16. The third kappa shape index (κ3) is 6.68. The summed E-state index contributed by atoms with van der Waals surface area (Å²) in [7, 11) is 0. The number of amides is 1. The number of nitrogens with one attached hydrogen (secondary N) is 1.